The van der Waals surface area contributed by atoms with Gasteiger partial charge in [0.2, 0.25) is 0 Å². The van der Waals surface area contributed by atoms with Gasteiger partial charge in [0.15, 0.2) is 5.82 Å². The highest BCUT2D eigenvalue weighted by Gasteiger charge is 2.15. The lowest BCUT2D eigenvalue weighted by molar-refractivity contribution is 0.0827. The maximum Gasteiger partial charge on any atom is 0.319 e. The van der Waals surface area contributed by atoms with Gasteiger partial charge in [-0.1, -0.05) is 0 Å². The summed E-state index contributed by atoms with van der Waals surface area (Å²) in [4.78, 5) is 26.0. The van der Waals surface area contributed by atoms with Gasteiger partial charge in [-0.25, -0.2) is 9.48 Å². The van der Waals surface area contributed by atoms with Gasteiger partial charge in [0.25, 0.3) is 5.91 Å². The van der Waals surface area contributed by atoms with Crippen LogP contribution in [0.2, 0.25) is 0 Å². The summed E-state index contributed by atoms with van der Waals surface area (Å²) in [6.45, 7) is 1.48. The first-order valence-corrected chi connectivity index (χ1v) is 8.71. The van der Waals surface area contributed by atoms with Gasteiger partial charge in [-0.2, -0.15) is 0 Å². The van der Waals surface area contributed by atoms with Crippen LogP contribution in [-0.4, -0.2) is 71.3 Å². The normalized spacial score (nSPS) is 10.1. The Kier molecular flexibility index (Phi) is 9.33. The standard InChI is InChI=1S/C17H26N8O2.ClH/c1-18-7-5-6-8-19-17(27)20-14-10-12(15-21-22-23-25(15)4)9-13(11-14)16(26)24(2)3;/h9-11,18H,5-8H2,1-4H3,(H2,19,20,27);1H. The Balaban J connectivity index is 0.00000392. The maximum atomic E-state index is 12.4. The van der Waals surface area contributed by atoms with Crippen LogP contribution in [0.1, 0.15) is 23.2 Å². The van der Waals surface area contributed by atoms with E-state index in [1.54, 1.807) is 39.3 Å². The van der Waals surface area contributed by atoms with Crippen molar-refractivity contribution in [2.45, 2.75) is 12.8 Å². The van der Waals surface area contributed by atoms with Crippen LogP contribution in [0.4, 0.5) is 10.5 Å². The van der Waals surface area contributed by atoms with Crippen molar-refractivity contribution in [3.05, 3.63) is 23.8 Å². The monoisotopic (exact) mass is 410 g/mol. The number of tetrazole rings is 1. The predicted octanol–water partition coefficient (Wildman–Crippen LogP) is 1.12. The van der Waals surface area contributed by atoms with Crippen molar-refractivity contribution in [1.82, 2.24) is 35.7 Å². The zero-order valence-corrected chi connectivity index (χ0v) is 17.3. The maximum absolute atomic E-state index is 12.4. The van der Waals surface area contributed by atoms with Gasteiger partial charge in [-0.15, -0.1) is 17.5 Å². The van der Waals surface area contributed by atoms with Crippen molar-refractivity contribution in [3.8, 4) is 11.4 Å². The van der Waals surface area contributed by atoms with Crippen LogP contribution in [0.3, 0.4) is 0 Å². The Hall–Kier alpha value is -2.72. The molecule has 0 aliphatic rings. The second-order valence-corrected chi connectivity index (χ2v) is 6.32. The molecule has 10 nitrogen and oxygen atoms in total. The number of nitrogens with zero attached hydrogens (tertiary/aromatic N) is 5. The Bertz CT molecular complexity index is 793. The van der Waals surface area contributed by atoms with E-state index in [1.807, 2.05) is 7.05 Å². The molecule has 0 aliphatic heterocycles. The summed E-state index contributed by atoms with van der Waals surface area (Å²) >= 11 is 0. The first-order valence-electron chi connectivity index (χ1n) is 8.71. The minimum Gasteiger partial charge on any atom is -0.345 e. The number of hydrogen-bond acceptors (Lipinski definition) is 6. The molecule has 0 radical (unpaired) electrons. The zero-order chi connectivity index (χ0) is 19.8. The number of amides is 3. The number of carbonyl (C=O) groups is 2. The third kappa shape index (κ3) is 6.46. The molecule has 11 heteroatoms. The molecule has 28 heavy (non-hydrogen) atoms. The smallest absolute Gasteiger partial charge is 0.319 e. The van der Waals surface area contributed by atoms with Gasteiger partial charge < -0.3 is 20.9 Å². The summed E-state index contributed by atoms with van der Waals surface area (Å²) in [7, 11) is 6.95. The number of halogens is 1. The average Bonchev–Trinajstić information content (AvgIpc) is 3.06. The Labute approximate surface area is 170 Å². The summed E-state index contributed by atoms with van der Waals surface area (Å²) in [5.74, 6) is 0.321. The molecule has 0 fully saturated rings. The molecule has 1 heterocycles. The van der Waals surface area contributed by atoms with Gasteiger partial charge in [0.05, 0.1) is 0 Å². The first kappa shape index (κ1) is 23.3. The number of rotatable bonds is 8. The molecule has 2 rings (SSSR count). The van der Waals surface area contributed by atoms with Gasteiger partial charge in [0, 0.05) is 44.5 Å². The number of benzene rings is 1. The Morgan fingerprint density at radius 2 is 1.86 bits per heavy atom. The molecule has 0 saturated heterocycles. The second kappa shape index (κ2) is 11.2. The van der Waals surface area contributed by atoms with Crippen LogP contribution >= 0.6 is 12.4 Å². The zero-order valence-electron chi connectivity index (χ0n) is 16.5. The fourth-order valence-electron chi connectivity index (χ4n) is 2.49. The van der Waals surface area contributed by atoms with Crippen molar-refractivity contribution in [3.63, 3.8) is 0 Å². The van der Waals surface area contributed by atoms with E-state index >= 15 is 0 Å². The van der Waals surface area contributed by atoms with E-state index in [-0.39, 0.29) is 24.3 Å². The van der Waals surface area contributed by atoms with Crippen LogP contribution in [0.15, 0.2) is 18.2 Å². The lowest BCUT2D eigenvalue weighted by Gasteiger charge is -2.14. The number of urea groups is 1. The van der Waals surface area contributed by atoms with E-state index in [1.165, 1.54) is 9.58 Å². The SMILES string of the molecule is CNCCCCNC(=O)Nc1cc(C(=O)N(C)C)cc(-c2nnnn2C)c1.Cl. The van der Waals surface area contributed by atoms with Crippen molar-refractivity contribution in [2.24, 2.45) is 7.05 Å². The summed E-state index contributed by atoms with van der Waals surface area (Å²) in [6.07, 6.45) is 1.86. The second-order valence-electron chi connectivity index (χ2n) is 6.32. The molecule has 1 aromatic carbocycles. The molecular weight excluding hydrogens is 384 g/mol. The molecule has 3 amide bonds. The van der Waals surface area contributed by atoms with Gasteiger partial charge in [-0.05, 0) is 55.1 Å². The largest absolute Gasteiger partial charge is 0.345 e. The molecule has 0 saturated carbocycles. The number of aryl methyl sites for hydroxylation is 1. The van der Waals surface area contributed by atoms with E-state index in [9.17, 15) is 9.59 Å². The summed E-state index contributed by atoms with van der Waals surface area (Å²) < 4.78 is 1.50. The third-order valence-electron chi connectivity index (χ3n) is 3.86. The molecule has 1 aromatic heterocycles. The minimum atomic E-state index is -0.323. The highest BCUT2D eigenvalue weighted by molar-refractivity contribution is 5.98. The molecule has 0 unspecified atom stereocenters. The molecule has 0 spiro atoms. The highest BCUT2D eigenvalue weighted by atomic mass is 35.5. The molecule has 0 bridgehead atoms. The fraction of sp³-hybridized carbons (Fsp3) is 0.471. The van der Waals surface area contributed by atoms with Crippen LogP contribution in [0.25, 0.3) is 11.4 Å². The van der Waals surface area contributed by atoms with E-state index in [0.29, 0.717) is 29.2 Å². The summed E-state index contributed by atoms with van der Waals surface area (Å²) in [6, 6.07) is 4.75. The van der Waals surface area contributed by atoms with Gasteiger partial charge in [-0.3, -0.25) is 4.79 Å². The van der Waals surface area contributed by atoms with Crippen molar-refractivity contribution < 1.29 is 9.59 Å². The molecule has 3 N–H and O–H groups in total. The Morgan fingerprint density at radius 3 is 2.46 bits per heavy atom. The van der Waals surface area contributed by atoms with E-state index in [4.69, 9.17) is 0 Å². The van der Waals surface area contributed by atoms with Crippen molar-refractivity contribution in [1.29, 1.82) is 0 Å². The van der Waals surface area contributed by atoms with E-state index in [2.05, 4.69) is 31.5 Å². The van der Waals surface area contributed by atoms with Crippen molar-refractivity contribution in [2.75, 3.05) is 39.5 Å². The number of aromatic nitrogens is 4. The number of anilines is 1. The van der Waals surface area contributed by atoms with Crippen LogP contribution in [0, 0.1) is 0 Å². The quantitative estimate of drug-likeness (QED) is 0.561. The Morgan fingerprint density at radius 1 is 1.14 bits per heavy atom. The van der Waals surface area contributed by atoms with E-state index in [0.717, 1.165) is 19.4 Å². The predicted molar refractivity (Wildman–Crippen MR) is 110 cm³/mol. The first-order chi connectivity index (χ1) is 12.9. The highest BCUT2D eigenvalue weighted by Crippen LogP contribution is 2.23. The average molecular weight is 411 g/mol. The van der Waals surface area contributed by atoms with Crippen molar-refractivity contribution >= 4 is 30.0 Å². The number of nitrogens with one attached hydrogen (secondary N) is 3. The molecule has 0 aliphatic carbocycles. The topological polar surface area (TPSA) is 117 Å². The van der Waals surface area contributed by atoms with Gasteiger partial charge >= 0.3 is 6.03 Å². The number of unbranched alkanes of at least 4 members (excludes halogenated alkanes) is 1. The van der Waals surface area contributed by atoms with Crippen LogP contribution in [-0.2, 0) is 7.05 Å². The van der Waals surface area contributed by atoms with E-state index < -0.39 is 0 Å². The third-order valence-corrected chi connectivity index (χ3v) is 3.86. The minimum absolute atomic E-state index is 0. The number of carbonyl (C=O) groups excluding carboxylic acids is 2. The lowest BCUT2D eigenvalue weighted by atomic mass is 10.1. The number of hydrogen-bond donors (Lipinski definition) is 3. The summed E-state index contributed by atoms with van der Waals surface area (Å²) in [5, 5.41) is 20.1. The molecule has 2 aromatic rings. The summed E-state index contributed by atoms with van der Waals surface area (Å²) in [5.41, 5.74) is 1.57. The van der Waals surface area contributed by atoms with Crippen LogP contribution in [0.5, 0.6) is 0 Å². The van der Waals surface area contributed by atoms with Crippen LogP contribution < -0.4 is 16.0 Å². The van der Waals surface area contributed by atoms with Gasteiger partial charge in [0.1, 0.15) is 0 Å². The molecule has 154 valence electrons. The fourth-order valence-corrected chi connectivity index (χ4v) is 2.49. The molecule has 0 atom stereocenters. The molecular formula is C17H27ClN8O2. The lowest BCUT2D eigenvalue weighted by Crippen LogP contribution is -2.30.